The van der Waals surface area contributed by atoms with Gasteiger partial charge in [-0.1, -0.05) is 36.4 Å². The molecule has 4 rings (SSSR count). The number of aliphatic hydroxyl groups is 1. The van der Waals surface area contributed by atoms with Gasteiger partial charge in [0, 0.05) is 35.7 Å². The molecule has 0 spiro atoms. The number of carbonyl (C=O) groups is 2. The third-order valence-corrected chi connectivity index (χ3v) is 6.03. The third kappa shape index (κ3) is 4.67. The SMILES string of the molecule is O=C(Nc1cccc(C(=O)N2CCC[C@](CO)(Cc3ccccc3)C2)c1)C1CC1. The molecule has 5 nitrogen and oxygen atoms in total. The Labute approximate surface area is 171 Å². The van der Waals surface area contributed by atoms with E-state index in [4.69, 9.17) is 0 Å². The van der Waals surface area contributed by atoms with Crippen LogP contribution in [0, 0.1) is 11.3 Å². The van der Waals surface area contributed by atoms with Crippen LogP contribution in [0.15, 0.2) is 54.6 Å². The first-order valence-corrected chi connectivity index (χ1v) is 10.4. The Balaban J connectivity index is 1.47. The quantitative estimate of drug-likeness (QED) is 0.791. The second-order valence-electron chi connectivity index (χ2n) is 8.50. The molecule has 1 saturated heterocycles. The number of nitrogens with zero attached hydrogens (tertiary/aromatic N) is 1. The van der Waals surface area contributed by atoms with Crippen LogP contribution < -0.4 is 5.32 Å². The van der Waals surface area contributed by atoms with Gasteiger partial charge in [-0.25, -0.2) is 0 Å². The van der Waals surface area contributed by atoms with E-state index in [1.807, 2.05) is 35.2 Å². The van der Waals surface area contributed by atoms with Gasteiger partial charge in [-0.3, -0.25) is 9.59 Å². The maximum atomic E-state index is 13.2. The predicted molar refractivity (Wildman–Crippen MR) is 113 cm³/mol. The van der Waals surface area contributed by atoms with E-state index >= 15 is 0 Å². The Hall–Kier alpha value is -2.66. The Bertz CT molecular complexity index is 879. The third-order valence-electron chi connectivity index (χ3n) is 6.03. The zero-order valence-corrected chi connectivity index (χ0v) is 16.6. The summed E-state index contributed by atoms with van der Waals surface area (Å²) in [6, 6.07) is 17.3. The van der Waals surface area contributed by atoms with Crippen molar-refractivity contribution in [3.63, 3.8) is 0 Å². The Morgan fingerprint density at radius 2 is 1.90 bits per heavy atom. The minimum atomic E-state index is -0.312. The molecule has 1 saturated carbocycles. The fourth-order valence-electron chi connectivity index (χ4n) is 4.24. The van der Waals surface area contributed by atoms with Crippen molar-refractivity contribution >= 4 is 17.5 Å². The van der Waals surface area contributed by atoms with Crippen LogP contribution in [0.1, 0.15) is 41.6 Å². The highest BCUT2D eigenvalue weighted by atomic mass is 16.3. The van der Waals surface area contributed by atoms with Crippen molar-refractivity contribution in [2.75, 3.05) is 25.0 Å². The molecular weight excluding hydrogens is 364 g/mol. The van der Waals surface area contributed by atoms with E-state index in [0.717, 1.165) is 32.1 Å². The lowest BCUT2D eigenvalue weighted by Gasteiger charge is -2.42. The molecule has 152 valence electrons. The number of nitrogens with one attached hydrogen (secondary N) is 1. The Morgan fingerprint density at radius 3 is 2.62 bits per heavy atom. The summed E-state index contributed by atoms with van der Waals surface area (Å²) in [5.41, 5.74) is 2.11. The van der Waals surface area contributed by atoms with Crippen molar-refractivity contribution in [1.29, 1.82) is 0 Å². The number of hydrogen-bond acceptors (Lipinski definition) is 3. The molecule has 2 fully saturated rings. The summed E-state index contributed by atoms with van der Waals surface area (Å²) >= 11 is 0. The van der Waals surface area contributed by atoms with Gasteiger partial charge in [0.15, 0.2) is 0 Å². The minimum Gasteiger partial charge on any atom is -0.396 e. The van der Waals surface area contributed by atoms with E-state index in [-0.39, 0.29) is 29.8 Å². The molecule has 2 amide bonds. The topological polar surface area (TPSA) is 69.6 Å². The molecule has 2 aromatic carbocycles. The van der Waals surface area contributed by atoms with E-state index in [1.165, 1.54) is 5.56 Å². The van der Waals surface area contributed by atoms with Crippen molar-refractivity contribution < 1.29 is 14.7 Å². The number of carbonyl (C=O) groups excluding carboxylic acids is 2. The molecular formula is C24H28N2O3. The highest BCUT2D eigenvalue weighted by Gasteiger charge is 2.37. The largest absolute Gasteiger partial charge is 0.396 e. The van der Waals surface area contributed by atoms with E-state index in [1.54, 1.807) is 12.1 Å². The fraction of sp³-hybridized carbons (Fsp3) is 0.417. The van der Waals surface area contributed by atoms with Crippen LogP contribution in [-0.2, 0) is 11.2 Å². The van der Waals surface area contributed by atoms with Crippen LogP contribution in [0.4, 0.5) is 5.69 Å². The van der Waals surface area contributed by atoms with Crippen molar-refractivity contribution in [1.82, 2.24) is 4.90 Å². The summed E-state index contributed by atoms with van der Waals surface area (Å²) in [5.74, 6) is 0.118. The molecule has 1 atom stereocenters. The van der Waals surface area contributed by atoms with Gasteiger partial charge in [0.2, 0.25) is 5.91 Å². The van der Waals surface area contributed by atoms with Gasteiger partial charge in [-0.2, -0.15) is 0 Å². The van der Waals surface area contributed by atoms with Gasteiger partial charge in [-0.05, 0) is 55.9 Å². The van der Waals surface area contributed by atoms with Gasteiger partial charge >= 0.3 is 0 Å². The predicted octanol–water partition coefficient (Wildman–Crippen LogP) is 3.49. The Kier molecular flexibility index (Phi) is 5.67. The van der Waals surface area contributed by atoms with Gasteiger partial charge in [0.1, 0.15) is 0 Å². The summed E-state index contributed by atoms with van der Waals surface area (Å²) in [6.07, 6.45) is 4.42. The van der Waals surface area contributed by atoms with Crippen LogP contribution in [-0.4, -0.2) is 41.5 Å². The van der Waals surface area contributed by atoms with Crippen molar-refractivity contribution in [3.8, 4) is 0 Å². The molecule has 0 aromatic heterocycles. The summed E-state index contributed by atoms with van der Waals surface area (Å²) < 4.78 is 0. The first-order valence-electron chi connectivity index (χ1n) is 10.4. The maximum Gasteiger partial charge on any atom is 0.253 e. The van der Waals surface area contributed by atoms with Crippen LogP contribution in [0.5, 0.6) is 0 Å². The Morgan fingerprint density at radius 1 is 1.10 bits per heavy atom. The number of benzene rings is 2. The fourth-order valence-corrected chi connectivity index (χ4v) is 4.24. The number of hydrogen-bond donors (Lipinski definition) is 2. The first-order chi connectivity index (χ1) is 14.1. The van der Waals surface area contributed by atoms with Crippen molar-refractivity contribution in [2.24, 2.45) is 11.3 Å². The van der Waals surface area contributed by atoms with Crippen LogP contribution >= 0.6 is 0 Å². The molecule has 0 bridgehead atoms. The molecule has 2 aromatic rings. The number of amides is 2. The summed E-state index contributed by atoms with van der Waals surface area (Å²) in [7, 11) is 0. The van der Waals surface area contributed by atoms with Crippen LogP contribution in [0.3, 0.4) is 0 Å². The molecule has 0 unspecified atom stereocenters. The maximum absolute atomic E-state index is 13.2. The van der Waals surface area contributed by atoms with E-state index < -0.39 is 0 Å². The summed E-state index contributed by atoms with van der Waals surface area (Å²) in [4.78, 5) is 27.0. The lowest BCUT2D eigenvalue weighted by molar-refractivity contribution is -0.117. The molecule has 2 N–H and O–H groups in total. The standard InChI is InChI=1S/C24H28N2O3/c27-17-24(15-18-6-2-1-3-7-18)12-5-13-26(16-24)23(29)20-8-4-9-21(14-20)25-22(28)19-10-11-19/h1-4,6-9,14,19,27H,5,10-13,15-17H2,(H,25,28)/t24-/m0/s1. The average Bonchev–Trinajstić information content (AvgIpc) is 3.60. The van der Waals surface area contributed by atoms with Gasteiger partial charge in [0.05, 0.1) is 6.61 Å². The number of likely N-dealkylation sites (tertiary alicyclic amines) is 1. The van der Waals surface area contributed by atoms with Crippen molar-refractivity contribution in [3.05, 3.63) is 65.7 Å². The molecule has 1 heterocycles. The zero-order chi connectivity index (χ0) is 20.3. The van der Waals surface area contributed by atoms with E-state index in [2.05, 4.69) is 17.4 Å². The lowest BCUT2D eigenvalue weighted by atomic mass is 9.75. The van der Waals surface area contributed by atoms with Gasteiger partial charge < -0.3 is 15.3 Å². The molecule has 0 radical (unpaired) electrons. The molecule has 2 aliphatic rings. The number of piperidine rings is 1. The van der Waals surface area contributed by atoms with E-state index in [9.17, 15) is 14.7 Å². The smallest absolute Gasteiger partial charge is 0.253 e. The lowest BCUT2D eigenvalue weighted by Crippen LogP contribution is -2.49. The number of anilines is 1. The monoisotopic (exact) mass is 392 g/mol. The highest BCUT2D eigenvalue weighted by Crippen LogP contribution is 2.34. The van der Waals surface area contributed by atoms with Crippen LogP contribution in [0.25, 0.3) is 0 Å². The summed E-state index contributed by atoms with van der Waals surface area (Å²) in [5, 5.41) is 13.1. The minimum absolute atomic E-state index is 0.0368. The normalized spacial score (nSPS) is 21.6. The van der Waals surface area contributed by atoms with Gasteiger partial charge in [-0.15, -0.1) is 0 Å². The van der Waals surface area contributed by atoms with Crippen molar-refractivity contribution in [2.45, 2.75) is 32.1 Å². The first kappa shape index (κ1) is 19.6. The number of aliphatic hydroxyl groups excluding tert-OH is 1. The molecule has 1 aliphatic heterocycles. The average molecular weight is 392 g/mol. The highest BCUT2D eigenvalue weighted by molar-refractivity contribution is 5.98. The van der Waals surface area contributed by atoms with Crippen LogP contribution in [0.2, 0.25) is 0 Å². The molecule has 1 aliphatic carbocycles. The summed E-state index contributed by atoms with van der Waals surface area (Å²) in [6.45, 7) is 1.28. The second-order valence-corrected chi connectivity index (χ2v) is 8.50. The number of rotatable bonds is 6. The second kappa shape index (κ2) is 8.37. The molecule has 29 heavy (non-hydrogen) atoms. The van der Waals surface area contributed by atoms with Gasteiger partial charge in [0.25, 0.3) is 5.91 Å². The zero-order valence-electron chi connectivity index (χ0n) is 16.6. The van der Waals surface area contributed by atoms with E-state index in [0.29, 0.717) is 24.3 Å². The molecule has 5 heteroatoms.